The quantitative estimate of drug-likeness (QED) is 0.783. The lowest BCUT2D eigenvalue weighted by molar-refractivity contribution is -0.191. The van der Waals surface area contributed by atoms with Gasteiger partial charge in [0.1, 0.15) is 5.75 Å². The molecule has 0 bridgehead atoms. The van der Waals surface area contributed by atoms with Crippen LogP contribution in [0.3, 0.4) is 0 Å². The van der Waals surface area contributed by atoms with Crippen LogP contribution in [0, 0.1) is 11.2 Å². The molecule has 0 spiro atoms. The Balaban J connectivity index is 2.65. The summed E-state index contributed by atoms with van der Waals surface area (Å²) < 4.78 is 29.1. The van der Waals surface area contributed by atoms with Gasteiger partial charge in [-0.2, -0.15) is 0 Å². The molecule has 0 radical (unpaired) electrons. The molecule has 1 aromatic rings. The highest BCUT2D eigenvalue weighted by Gasteiger charge is 2.30. The van der Waals surface area contributed by atoms with Gasteiger partial charge in [0, 0.05) is 11.5 Å². The SMILES string of the molecule is COc1cc(OCC(C)(C)C(O)OC(C)C)ccc1F. The van der Waals surface area contributed by atoms with Crippen LogP contribution in [-0.2, 0) is 4.74 Å². The summed E-state index contributed by atoms with van der Waals surface area (Å²) in [4.78, 5) is 0. The van der Waals surface area contributed by atoms with E-state index >= 15 is 0 Å². The van der Waals surface area contributed by atoms with Crippen LogP contribution in [0.5, 0.6) is 11.5 Å². The Bertz CT molecular complexity index is 432. The minimum Gasteiger partial charge on any atom is -0.494 e. The Morgan fingerprint density at radius 1 is 1.30 bits per heavy atom. The van der Waals surface area contributed by atoms with Crippen LogP contribution in [0.1, 0.15) is 27.7 Å². The number of hydrogen-bond acceptors (Lipinski definition) is 4. The molecule has 114 valence electrons. The molecule has 4 nitrogen and oxygen atoms in total. The average Bonchev–Trinajstić information content (AvgIpc) is 2.37. The lowest BCUT2D eigenvalue weighted by Gasteiger charge is -2.31. The third-order valence-electron chi connectivity index (χ3n) is 2.80. The zero-order valence-electron chi connectivity index (χ0n) is 12.6. The standard InChI is InChI=1S/C15H23FO4/c1-10(2)20-14(17)15(3,4)9-19-11-6-7-12(16)13(8-11)18-5/h6-8,10,14,17H,9H2,1-5H3. The van der Waals surface area contributed by atoms with Crippen LogP contribution in [0.25, 0.3) is 0 Å². The summed E-state index contributed by atoms with van der Waals surface area (Å²) in [6.45, 7) is 7.60. The molecular formula is C15H23FO4. The maximum atomic E-state index is 13.3. The van der Waals surface area contributed by atoms with Gasteiger partial charge in [0.2, 0.25) is 0 Å². The maximum absolute atomic E-state index is 13.3. The molecule has 20 heavy (non-hydrogen) atoms. The van der Waals surface area contributed by atoms with Crippen LogP contribution < -0.4 is 9.47 Å². The van der Waals surface area contributed by atoms with E-state index in [0.717, 1.165) is 0 Å². The number of hydrogen-bond donors (Lipinski definition) is 1. The summed E-state index contributed by atoms with van der Waals surface area (Å²) in [5.74, 6) is 0.162. The van der Waals surface area contributed by atoms with E-state index < -0.39 is 17.5 Å². The van der Waals surface area contributed by atoms with Gasteiger partial charge in [-0.15, -0.1) is 0 Å². The first kappa shape index (κ1) is 16.7. The van der Waals surface area contributed by atoms with E-state index in [4.69, 9.17) is 14.2 Å². The average molecular weight is 286 g/mol. The van der Waals surface area contributed by atoms with Gasteiger partial charge in [0.25, 0.3) is 0 Å². The number of benzene rings is 1. The second-order valence-corrected chi connectivity index (χ2v) is 5.61. The molecule has 0 aliphatic carbocycles. The third-order valence-corrected chi connectivity index (χ3v) is 2.80. The van der Waals surface area contributed by atoms with Gasteiger partial charge in [-0.05, 0) is 26.0 Å². The van der Waals surface area contributed by atoms with E-state index in [0.29, 0.717) is 5.75 Å². The van der Waals surface area contributed by atoms with E-state index in [1.54, 1.807) is 0 Å². The fourth-order valence-corrected chi connectivity index (χ4v) is 1.51. The molecule has 5 heteroatoms. The van der Waals surface area contributed by atoms with Crippen molar-refractivity contribution >= 4 is 0 Å². The second kappa shape index (κ2) is 6.90. The van der Waals surface area contributed by atoms with E-state index in [1.807, 2.05) is 27.7 Å². The summed E-state index contributed by atoms with van der Waals surface area (Å²) in [7, 11) is 1.40. The Morgan fingerprint density at radius 3 is 2.50 bits per heavy atom. The molecule has 0 amide bonds. The lowest BCUT2D eigenvalue weighted by Crippen LogP contribution is -2.38. The molecule has 0 fully saturated rings. The molecule has 1 rings (SSSR count). The van der Waals surface area contributed by atoms with Crippen molar-refractivity contribution in [3.05, 3.63) is 24.0 Å². The smallest absolute Gasteiger partial charge is 0.165 e. The van der Waals surface area contributed by atoms with E-state index in [-0.39, 0.29) is 18.5 Å². The highest BCUT2D eigenvalue weighted by atomic mass is 19.1. The minimum atomic E-state index is -0.940. The predicted molar refractivity (Wildman–Crippen MR) is 74.5 cm³/mol. The first-order chi connectivity index (χ1) is 9.26. The van der Waals surface area contributed by atoms with Gasteiger partial charge in [-0.25, -0.2) is 4.39 Å². The molecule has 0 saturated heterocycles. The monoisotopic (exact) mass is 286 g/mol. The van der Waals surface area contributed by atoms with Crippen LogP contribution in [0.2, 0.25) is 0 Å². The first-order valence-electron chi connectivity index (χ1n) is 6.56. The zero-order chi connectivity index (χ0) is 15.3. The fourth-order valence-electron chi connectivity index (χ4n) is 1.51. The molecule has 0 aliphatic heterocycles. The molecule has 1 aromatic carbocycles. The van der Waals surface area contributed by atoms with Gasteiger partial charge in [0.05, 0.1) is 19.8 Å². The lowest BCUT2D eigenvalue weighted by atomic mass is 9.94. The molecular weight excluding hydrogens is 263 g/mol. The van der Waals surface area contributed by atoms with Crippen molar-refractivity contribution in [2.45, 2.75) is 40.1 Å². The van der Waals surface area contributed by atoms with Gasteiger partial charge in [-0.1, -0.05) is 13.8 Å². The van der Waals surface area contributed by atoms with E-state index in [1.165, 1.54) is 25.3 Å². The Hall–Kier alpha value is -1.33. The number of aliphatic hydroxyl groups excluding tert-OH is 1. The van der Waals surface area contributed by atoms with Crippen LogP contribution in [0.15, 0.2) is 18.2 Å². The molecule has 1 unspecified atom stereocenters. The second-order valence-electron chi connectivity index (χ2n) is 5.61. The Labute approximate surface area is 119 Å². The molecule has 1 atom stereocenters. The fraction of sp³-hybridized carbons (Fsp3) is 0.600. The van der Waals surface area contributed by atoms with Crippen molar-refractivity contribution in [1.29, 1.82) is 0 Å². The van der Waals surface area contributed by atoms with E-state index in [2.05, 4.69) is 0 Å². The summed E-state index contributed by atoms with van der Waals surface area (Å²) >= 11 is 0. The van der Waals surface area contributed by atoms with Crippen LogP contribution >= 0.6 is 0 Å². The third kappa shape index (κ3) is 4.65. The summed E-state index contributed by atoms with van der Waals surface area (Å²) in [6, 6.07) is 4.27. The zero-order valence-corrected chi connectivity index (χ0v) is 12.6. The highest BCUT2D eigenvalue weighted by Crippen LogP contribution is 2.27. The van der Waals surface area contributed by atoms with Crippen molar-refractivity contribution in [3.8, 4) is 11.5 Å². The molecule has 0 aromatic heterocycles. The van der Waals surface area contributed by atoms with Crippen LogP contribution in [-0.4, -0.2) is 31.2 Å². The van der Waals surface area contributed by atoms with Crippen molar-refractivity contribution in [2.75, 3.05) is 13.7 Å². The minimum absolute atomic E-state index is 0.0739. The number of ether oxygens (including phenoxy) is 3. The first-order valence-corrected chi connectivity index (χ1v) is 6.56. The van der Waals surface area contributed by atoms with Gasteiger partial charge in [0.15, 0.2) is 17.9 Å². The van der Waals surface area contributed by atoms with Gasteiger partial charge >= 0.3 is 0 Å². The van der Waals surface area contributed by atoms with Crippen molar-refractivity contribution < 1.29 is 23.7 Å². The molecule has 1 N–H and O–H groups in total. The largest absolute Gasteiger partial charge is 0.494 e. The molecule has 0 saturated carbocycles. The van der Waals surface area contributed by atoms with Crippen LogP contribution in [0.4, 0.5) is 4.39 Å². The Morgan fingerprint density at radius 2 is 1.95 bits per heavy atom. The normalized spacial score (nSPS) is 13.4. The maximum Gasteiger partial charge on any atom is 0.165 e. The summed E-state index contributed by atoms with van der Waals surface area (Å²) in [5, 5.41) is 9.98. The summed E-state index contributed by atoms with van der Waals surface area (Å²) in [6.07, 6.45) is -1.01. The number of halogens is 1. The van der Waals surface area contributed by atoms with Crippen molar-refractivity contribution in [2.24, 2.45) is 5.41 Å². The molecule has 0 heterocycles. The number of aliphatic hydroxyl groups is 1. The topological polar surface area (TPSA) is 47.9 Å². The highest BCUT2D eigenvalue weighted by molar-refractivity contribution is 5.34. The van der Waals surface area contributed by atoms with E-state index in [9.17, 15) is 9.50 Å². The van der Waals surface area contributed by atoms with Gasteiger partial charge in [-0.3, -0.25) is 0 Å². The molecule has 0 aliphatic rings. The van der Waals surface area contributed by atoms with Crippen molar-refractivity contribution in [3.63, 3.8) is 0 Å². The number of methoxy groups -OCH3 is 1. The van der Waals surface area contributed by atoms with Gasteiger partial charge < -0.3 is 19.3 Å². The predicted octanol–water partition coefficient (Wildman–Crippen LogP) is 2.98. The summed E-state index contributed by atoms with van der Waals surface area (Å²) in [5.41, 5.74) is -0.591. The number of rotatable bonds is 7. The Kier molecular flexibility index (Phi) is 5.77. The van der Waals surface area contributed by atoms with Crippen molar-refractivity contribution in [1.82, 2.24) is 0 Å².